The minimum Gasteiger partial charge on any atom is -0.487 e. The van der Waals surface area contributed by atoms with E-state index in [1.807, 2.05) is 0 Å². The van der Waals surface area contributed by atoms with E-state index in [0.29, 0.717) is 18.2 Å². The second-order valence-electron chi connectivity index (χ2n) is 6.90. The van der Waals surface area contributed by atoms with Gasteiger partial charge in [-0.3, -0.25) is 4.90 Å². The van der Waals surface area contributed by atoms with Crippen LogP contribution in [0.3, 0.4) is 0 Å². The quantitative estimate of drug-likeness (QED) is 0.931. The highest BCUT2D eigenvalue weighted by atomic mass is 16.5. The molecule has 0 spiro atoms. The zero-order valence-corrected chi connectivity index (χ0v) is 14.1. The smallest absolute Gasteiger partial charge is 0.142 e. The number of hydrogen-bond donors (Lipinski definition) is 1. The molecule has 3 rings (SSSR count). The normalized spacial score (nSPS) is 30.1. The molecule has 0 aromatic heterocycles. The molecule has 0 saturated carbocycles. The summed E-state index contributed by atoms with van der Waals surface area (Å²) in [4.78, 5) is 2.55. The number of fused-ring (bicyclic) bond motifs is 1. The number of nitrogens with zero attached hydrogens (tertiary/aromatic N) is 1. The Morgan fingerprint density at radius 2 is 1.91 bits per heavy atom. The fourth-order valence-corrected chi connectivity index (χ4v) is 3.50. The minimum absolute atomic E-state index is 0.244. The van der Waals surface area contributed by atoms with Gasteiger partial charge in [0.05, 0.1) is 24.4 Å². The minimum atomic E-state index is 0.244. The third-order valence-corrected chi connectivity index (χ3v) is 4.55. The van der Waals surface area contributed by atoms with Crippen molar-refractivity contribution < 1.29 is 9.47 Å². The zero-order chi connectivity index (χ0) is 15.7. The lowest BCUT2D eigenvalue weighted by Crippen LogP contribution is -2.49. The maximum atomic E-state index is 5.85. The maximum Gasteiger partial charge on any atom is 0.142 e. The standard InChI is InChI=1S/C18H28N2O2/c1-12(20-10-14(3)21-15(4)11-20)7-16-5-6-18-17(8-16)19-9-13(2)22-18/h5-6,8,12-15,19H,7,9-11H2,1-4H3. The van der Waals surface area contributed by atoms with Gasteiger partial charge in [-0.25, -0.2) is 0 Å². The van der Waals surface area contributed by atoms with E-state index >= 15 is 0 Å². The van der Waals surface area contributed by atoms with Crippen molar-refractivity contribution in [2.75, 3.05) is 25.0 Å². The highest BCUT2D eigenvalue weighted by Gasteiger charge is 2.26. The highest BCUT2D eigenvalue weighted by molar-refractivity contribution is 5.59. The fraction of sp³-hybridized carbons (Fsp3) is 0.667. The molecule has 0 amide bonds. The highest BCUT2D eigenvalue weighted by Crippen LogP contribution is 2.30. The van der Waals surface area contributed by atoms with Crippen LogP contribution in [-0.4, -0.2) is 48.9 Å². The van der Waals surface area contributed by atoms with Crippen LogP contribution in [0.15, 0.2) is 18.2 Å². The third kappa shape index (κ3) is 3.55. The summed E-state index contributed by atoms with van der Waals surface area (Å²) < 4.78 is 11.7. The van der Waals surface area contributed by atoms with Gasteiger partial charge in [-0.1, -0.05) is 6.07 Å². The zero-order valence-electron chi connectivity index (χ0n) is 14.1. The molecule has 1 fully saturated rings. The molecule has 4 heteroatoms. The van der Waals surface area contributed by atoms with Crippen LogP contribution in [0.2, 0.25) is 0 Å². The molecule has 1 N–H and O–H groups in total. The van der Waals surface area contributed by atoms with E-state index in [2.05, 4.69) is 56.1 Å². The molecule has 1 aromatic carbocycles. The Morgan fingerprint density at radius 1 is 1.18 bits per heavy atom. The second kappa shape index (κ2) is 6.47. The first-order chi connectivity index (χ1) is 10.5. The van der Waals surface area contributed by atoms with E-state index < -0.39 is 0 Å². The topological polar surface area (TPSA) is 33.7 Å². The van der Waals surface area contributed by atoms with Gasteiger partial charge in [0.15, 0.2) is 0 Å². The van der Waals surface area contributed by atoms with Crippen LogP contribution in [0.5, 0.6) is 5.75 Å². The lowest BCUT2D eigenvalue weighted by molar-refractivity contribution is -0.0782. The van der Waals surface area contributed by atoms with Gasteiger partial charge in [-0.2, -0.15) is 0 Å². The van der Waals surface area contributed by atoms with Crippen LogP contribution in [0, 0.1) is 0 Å². The number of anilines is 1. The number of nitrogens with one attached hydrogen (secondary N) is 1. The van der Waals surface area contributed by atoms with Gasteiger partial charge in [0.25, 0.3) is 0 Å². The summed E-state index contributed by atoms with van der Waals surface area (Å²) in [6.07, 6.45) is 1.95. The summed E-state index contributed by atoms with van der Waals surface area (Å²) >= 11 is 0. The number of ether oxygens (including phenoxy) is 2. The van der Waals surface area contributed by atoms with Gasteiger partial charge in [-0.15, -0.1) is 0 Å². The molecule has 0 radical (unpaired) electrons. The first kappa shape index (κ1) is 15.6. The molecule has 4 unspecified atom stereocenters. The van der Waals surface area contributed by atoms with Gasteiger partial charge in [0.1, 0.15) is 11.9 Å². The molecule has 1 aromatic rings. The molecule has 0 bridgehead atoms. The molecule has 22 heavy (non-hydrogen) atoms. The Bertz CT molecular complexity index is 510. The van der Waals surface area contributed by atoms with Crippen LogP contribution in [0.4, 0.5) is 5.69 Å². The maximum absolute atomic E-state index is 5.85. The molecular weight excluding hydrogens is 276 g/mol. The SMILES string of the molecule is CC1CNc2cc(CC(C)N3CC(C)OC(C)C3)ccc2O1. The lowest BCUT2D eigenvalue weighted by atomic mass is 10.0. The molecule has 0 aliphatic carbocycles. The van der Waals surface area contributed by atoms with Gasteiger partial charge < -0.3 is 14.8 Å². The molecule has 122 valence electrons. The first-order valence-corrected chi connectivity index (χ1v) is 8.44. The Labute approximate surface area is 133 Å². The number of benzene rings is 1. The van der Waals surface area contributed by atoms with E-state index in [4.69, 9.17) is 9.47 Å². The van der Waals surface area contributed by atoms with Crippen LogP contribution >= 0.6 is 0 Å². The summed E-state index contributed by atoms with van der Waals surface area (Å²) in [5.41, 5.74) is 2.50. The van der Waals surface area contributed by atoms with Crippen molar-refractivity contribution in [1.82, 2.24) is 4.90 Å². The summed E-state index contributed by atoms with van der Waals surface area (Å²) in [6, 6.07) is 7.06. The van der Waals surface area contributed by atoms with E-state index in [0.717, 1.165) is 37.5 Å². The fourth-order valence-electron chi connectivity index (χ4n) is 3.50. The summed E-state index contributed by atoms with van der Waals surface area (Å²) in [5, 5.41) is 3.46. The Balaban J connectivity index is 1.65. The first-order valence-electron chi connectivity index (χ1n) is 8.44. The lowest BCUT2D eigenvalue weighted by Gasteiger charge is -2.39. The summed E-state index contributed by atoms with van der Waals surface area (Å²) in [5.74, 6) is 0.976. The number of rotatable bonds is 3. The second-order valence-corrected chi connectivity index (χ2v) is 6.90. The van der Waals surface area contributed by atoms with Gasteiger partial charge in [0.2, 0.25) is 0 Å². The molecular formula is C18H28N2O2. The number of morpholine rings is 1. The van der Waals surface area contributed by atoms with Crippen molar-refractivity contribution in [3.8, 4) is 5.75 Å². The predicted molar refractivity (Wildman–Crippen MR) is 89.8 cm³/mol. The van der Waals surface area contributed by atoms with Crippen molar-refractivity contribution in [3.05, 3.63) is 23.8 Å². The summed E-state index contributed by atoms with van der Waals surface area (Å²) in [7, 11) is 0. The van der Waals surface area contributed by atoms with Crippen molar-refractivity contribution in [2.24, 2.45) is 0 Å². The molecule has 4 atom stereocenters. The molecule has 2 heterocycles. The third-order valence-electron chi connectivity index (χ3n) is 4.55. The predicted octanol–water partition coefficient (Wildman–Crippen LogP) is 2.92. The van der Waals surface area contributed by atoms with Gasteiger partial charge in [0, 0.05) is 19.1 Å². The van der Waals surface area contributed by atoms with Crippen molar-refractivity contribution >= 4 is 5.69 Å². The average Bonchev–Trinajstić information content (AvgIpc) is 2.46. The van der Waals surface area contributed by atoms with Crippen LogP contribution < -0.4 is 10.1 Å². The van der Waals surface area contributed by atoms with Crippen molar-refractivity contribution in [3.63, 3.8) is 0 Å². The van der Waals surface area contributed by atoms with E-state index in [1.165, 1.54) is 5.56 Å². The van der Waals surface area contributed by atoms with Crippen LogP contribution in [0.1, 0.15) is 33.3 Å². The largest absolute Gasteiger partial charge is 0.487 e. The van der Waals surface area contributed by atoms with E-state index in [-0.39, 0.29) is 6.10 Å². The average molecular weight is 304 g/mol. The van der Waals surface area contributed by atoms with E-state index in [1.54, 1.807) is 0 Å². The molecule has 1 saturated heterocycles. The summed E-state index contributed by atoms with van der Waals surface area (Å²) in [6.45, 7) is 11.7. The van der Waals surface area contributed by atoms with Gasteiger partial charge >= 0.3 is 0 Å². The molecule has 2 aliphatic rings. The van der Waals surface area contributed by atoms with Gasteiger partial charge in [-0.05, 0) is 51.8 Å². The van der Waals surface area contributed by atoms with Crippen molar-refractivity contribution in [1.29, 1.82) is 0 Å². The van der Waals surface area contributed by atoms with Crippen LogP contribution in [-0.2, 0) is 11.2 Å². The Morgan fingerprint density at radius 3 is 2.64 bits per heavy atom. The Kier molecular flexibility index (Phi) is 4.59. The van der Waals surface area contributed by atoms with Crippen LogP contribution in [0.25, 0.3) is 0 Å². The molecule has 4 nitrogen and oxygen atoms in total. The molecule has 2 aliphatic heterocycles. The van der Waals surface area contributed by atoms with E-state index in [9.17, 15) is 0 Å². The monoisotopic (exact) mass is 304 g/mol. The van der Waals surface area contributed by atoms with Crippen molar-refractivity contribution in [2.45, 2.75) is 58.5 Å². The number of hydrogen-bond acceptors (Lipinski definition) is 4. The Hall–Kier alpha value is -1.26.